The Morgan fingerprint density at radius 2 is 2.38 bits per heavy atom. The van der Waals surface area contributed by atoms with Crippen molar-refractivity contribution in [1.29, 1.82) is 0 Å². The van der Waals surface area contributed by atoms with E-state index in [4.69, 9.17) is 9.84 Å². The Bertz CT molecular complexity index is 556. The van der Waals surface area contributed by atoms with Gasteiger partial charge in [0.1, 0.15) is 5.82 Å². The third kappa shape index (κ3) is 4.55. The maximum absolute atomic E-state index is 13.9. The van der Waals surface area contributed by atoms with Crippen LogP contribution in [0.4, 0.5) is 10.1 Å². The molecule has 0 spiro atoms. The minimum absolute atomic E-state index is 0.0208. The van der Waals surface area contributed by atoms with Crippen molar-refractivity contribution in [3.8, 4) is 11.8 Å². The van der Waals surface area contributed by atoms with Crippen LogP contribution in [0.25, 0.3) is 0 Å². The van der Waals surface area contributed by atoms with Gasteiger partial charge in [-0.25, -0.2) is 4.39 Å². The van der Waals surface area contributed by atoms with Crippen molar-refractivity contribution < 1.29 is 19.0 Å². The lowest BCUT2D eigenvalue weighted by atomic mass is 10.0. The lowest BCUT2D eigenvalue weighted by Gasteiger charge is -2.21. The summed E-state index contributed by atoms with van der Waals surface area (Å²) in [7, 11) is 0. The number of anilines is 1. The molecule has 5 heteroatoms. The minimum atomic E-state index is -0.518. The number of hydrogen-bond acceptors (Lipinski definition) is 3. The highest BCUT2D eigenvalue weighted by atomic mass is 19.1. The Kier molecular flexibility index (Phi) is 5.73. The van der Waals surface area contributed by atoms with Gasteiger partial charge in [0, 0.05) is 18.6 Å². The van der Waals surface area contributed by atoms with E-state index in [9.17, 15) is 9.18 Å². The normalized spacial score (nSPS) is 17.7. The summed E-state index contributed by atoms with van der Waals surface area (Å²) in [5, 5.41) is 11.2. The van der Waals surface area contributed by atoms with Gasteiger partial charge in [-0.3, -0.25) is 4.79 Å². The summed E-state index contributed by atoms with van der Waals surface area (Å²) < 4.78 is 19.2. The molecule has 0 aromatic heterocycles. The van der Waals surface area contributed by atoms with E-state index in [1.807, 2.05) is 0 Å². The van der Waals surface area contributed by atoms with Crippen molar-refractivity contribution in [2.24, 2.45) is 5.92 Å². The second-order valence-electron chi connectivity index (χ2n) is 4.87. The molecule has 4 nitrogen and oxygen atoms in total. The summed E-state index contributed by atoms with van der Waals surface area (Å²) in [6.07, 6.45) is 1.96. The van der Waals surface area contributed by atoms with Crippen LogP contribution in [-0.2, 0) is 9.53 Å². The molecule has 1 fully saturated rings. The fourth-order valence-electron chi connectivity index (χ4n) is 2.10. The Morgan fingerprint density at radius 3 is 3.05 bits per heavy atom. The molecule has 2 N–H and O–H groups in total. The van der Waals surface area contributed by atoms with Gasteiger partial charge in [-0.2, -0.15) is 0 Å². The number of aliphatic hydroxyl groups is 1. The van der Waals surface area contributed by atoms with E-state index in [1.165, 1.54) is 12.1 Å². The summed E-state index contributed by atoms with van der Waals surface area (Å²) in [6.45, 7) is 1.05. The molecule has 1 saturated heterocycles. The van der Waals surface area contributed by atoms with Gasteiger partial charge in [-0.15, -0.1) is 0 Å². The van der Waals surface area contributed by atoms with Crippen LogP contribution < -0.4 is 5.32 Å². The topological polar surface area (TPSA) is 58.6 Å². The molecule has 1 amide bonds. The van der Waals surface area contributed by atoms with Gasteiger partial charge in [-0.1, -0.05) is 11.8 Å². The van der Waals surface area contributed by atoms with Gasteiger partial charge in [-0.05, 0) is 31.0 Å². The Balaban J connectivity index is 2.00. The molecule has 2 rings (SSSR count). The van der Waals surface area contributed by atoms with E-state index in [0.717, 1.165) is 12.8 Å². The highest BCUT2D eigenvalue weighted by molar-refractivity contribution is 5.92. The van der Waals surface area contributed by atoms with Gasteiger partial charge in [0.25, 0.3) is 0 Å². The molecule has 1 aliphatic heterocycles. The number of carbonyl (C=O) groups excluding carboxylic acids is 1. The molecule has 1 atom stereocenters. The Labute approximate surface area is 123 Å². The van der Waals surface area contributed by atoms with Crippen molar-refractivity contribution >= 4 is 11.6 Å². The third-order valence-corrected chi connectivity index (χ3v) is 3.23. The molecule has 1 unspecified atom stereocenters. The summed E-state index contributed by atoms with van der Waals surface area (Å²) >= 11 is 0. The van der Waals surface area contributed by atoms with Crippen molar-refractivity contribution in [1.82, 2.24) is 0 Å². The number of nitrogens with one attached hydrogen (secondary N) is 1. The number of halogens is 1. The smallest absolute Gasteiger partial charge is 0.229 e. The number of carbonyl (C=O) groups is 1. The van der Waals surface area contributed by atoms with Gasteiger partial charge in [0.2, 0.25) is 5.91 Å². The van der Waals surface area contributed by atoms with E-state index >= 15 is 0 Å². The van der Waals surface area contributed by atoms with Crippen LogP contribution >= 0.6 is 0 Å². The number of amides is 1. The van der Waals surface area contributed by atoms with Crippen LogP contribution in [0.2, 0.25) is 0 Å². The predicted molar refractivity (Wildman–Crippen MR) is 77.2 cm³/mol. The quantitative estimate of drug-likeness (QED) is 0.837. The number of ether oxygens (including phenoxy) is 1. The predicted octanol–water partition coefficient (Wildman–Crippen LogP) is 1.92. The average molecular weight is 291 g/mol. The molecule has 21 heavy (non-hydrogen) atoms. The summed E-state index contributed by atoms with van der Waals surface area (Å²) in [5.74, 6) is 4.51. The molecular formula is C16H18FNO3. The van der Waals surface area contributed by atoms with Crippen LogP contribution in [0, 0.1) is 23.6 Å². The molecule has 1 aromatic carbocycles. The molecule has 0 bridgehead atoms. The number of aliphatic hydroxyl groups excluding tert-OH is 1. The zero-order valence-electron chi connectivity index (χ0n) is 11.7. The highest BCUT2D eigenvalue weighted by Gasteiger charge is 2.22. The largest absolute Gasteiger partial charge is 0.395 e. The second-order valence-corrected chi connectivity index (χ2v) is 4.87. The SMILES string of the molecule is O=C(Nc1ccc(C#CCCO)cc1F)C1CCCOC1. The average Bonchev–Trinajstić information content (AvgIpc) is 2.51. The fourth-order valence-corrected chi connectivity index (χ4v) is 2.10. The zero-order chi connectivity index (χ0) is 15.1. The number of rotatable bonds is 3. The second kappa shape index (κ2) is 7.77. The van der Waals surface area contributed by atoms with Crippen LogP contribution in [0.15, 0.2) is 18.2 Å². The Morgan fingerprint density at radius 1 is 1.52 bits per heavy atom. The fraction of sp³-hybridized carbons (Fsp3) is 0.438. The number of hydrogen-bond donors (Lipinski definition) is 2. The lowest BCUT2D eigenvalue weighted by molar-refractivity contribution is -0.123. The zero-order valence-corrected chi connectivity index (χ0v) is 11.7. The van der Waals surface area contributed by atoms with E-state index in [2.05, 4.69) is 17.2 Å². The van der Waals surface area contributed by atoms with E-state index in [0.29, 0.717) is 25.2 Å². The summed E-state index contributed by atoms with van der Waals surface area (Å²) in [4.78, 5) is 12.0. The first-order valence-electron chi connectivity index (χ1n) is 6.98. The summed E-state index contributed by atoms with van der Waals surface area (Å²) in [5.41, 5.74) is 0.665. The molecule has 1 aromatic rings. The number of benzene rings is 1. The van der Waals surface area contributed by atoms with Gasteiger partial charge >= 0.3 is 0 Å². The Hall–Kier alpha value is -1.90. The third-order valence-electron chi connectivity index (χ3n) is 3.23. The molecule has 112 valence electrons. The summed E-state index contributed by atoms with van der Waals surface area (Å²) in [6, 6.07) is 4.41. The van der Waals surface area contributed by atoms with E-state index < -0.39 is 5.82 Å². The van der Waals surface area contributed by atoms with Crippen LogP contribution in [0.3, 0.4) is 0 Å². The lowest BCUT2D eigenvalue weighted by Crippen LogP contribution is -2.30. The van der Waals surface area contributed by atoms with Gasteiger partial charge in [0.05, 0.1) is 24.8 Å². The van der Waals surface area contributed by atoms with Crippen LogP contribution in [-0.4, -0.2) is 30.8 Å². The molecule has 1 heterocycles. The first-order valence-corrected chi connectivity index (χ1v) is 6.98. The molecule has 0 saturated carbocycles. The first kappa shape index (κ1) is 15.5. The van der Waals surface area contributed by atoms with Crippen molar-refractivity contribution in [2.45, 2.75) is 19.3 Å². The molecule has 0 aliphatic carbocycles. The maximum Gasteiger partial charge on any atom is 0.229 e. The standard InChI is InChI=1S/C16H18FNO3/c17-14-10-12(4-1-2-8-19)6-7-15(14)18-16(20)13-5-3-9-21-11-13/h6-7,10,13,19H,2-3,5,8-9,11H2,(H,18,20). The van der Waals surface area contributed by atoms with Crippen LogP contribution in [0.5, 0.6) is 0 Å². The first-order chi connectivity index (χ1) is 10.2. The van der Waals surface area contributed by atoms with E-state index in [-0.39, 0.29) is 24.1 Å². The van der Waals surface area contributed by atoms with Gasteiger partial charge in [0.15, 0.2) is 0 Å². The monoisotopic (exact) mass is 291 g/mol. The van der Waals surface area contributed by atoms with Crippen molar-refractivity contribution in [2.75, 3.05) is 25.1 Å². The molecule has 1 aliphatic rings. The molecular weight excluding hydrogens is 273 g/mol. The maximum atomic E-state index is 13.9. The van der Waals surface area contributed by atoms with E-state index in [1.54, 1.807) is 6.07 Å². The molecule has 0 radical (unpaired) electrons. The van der Waals surface area contributed by atoms with Crippen molar-refractivity contribution in [3.63, 3.8) is 0 Å². The van der Waals surface area contributed by atoms with Crippen LogP contribution in [0.1, 0.15) is 24.8 Å². The minimum Gasteiger partial charge on any atom is -0.395 e. The highest BCUT2D eigenvalue weighted by Crippen LogP contribution is 2.19. The van der Waals surface area contributed by atoms with Gasteiger partial charge < -0.3 is 15.2 Å². The van der Waals surface area contributed by atoms with Crippen molar-refractivity contribution in [3.05, 3.63) is 29.6 Å².